The first kappa shape index (κ1) is 20.6. The van der Waals surface area contributed by atoms with Gasteiger partial charge >= 0.3 is 0 Å². The standard InChI is InChI=1S/C23H28N4O2/c1-26(13-8-14-29-21-11-6-3-7-12-21)23(28)22(24)15-20-17-27(18-25-20)16-19-9-4-2-5-10-19/h2-7,9-12,17-18,22H,8,13-16,24H2,1H3/t22-/m0/s1. The van der Waals surface area contributed by atoms with E-state index in [-0.39, 0.29) is 5.91 Å². The monoisotopic (exact) mass is 392 g/mol. The van der Waals surface area contributed by atoms with Gasteiger partial charge in [0.2, 0.25) is 5.91 Å². The van der Waals surface area contributed by atoms with Crippen molar-refractivity contribution in [3.63, 3.8) is 0 Å². The number of benzene rings is 2. The molecule has 2 N–H and O–H groups in total. The van der Waals surface area contributed by atoms with E-state index in [0.717, 1.165) is 24.4 Å². The number of amides is 1. The van der Waals surface area contributed by atoms with Crippen LogP contribution in [0.25, 0.3) is 0 Å². The van der Waals surface area contributed by atoms with Crippen LogP contribution in [0, 0.1) is 0 Å². The first-order valence-electron chi connectivity index (χ1n) is 9.85. The van der Waals surface area contributed by atoms with E-state index >= 15 is 0 Å². The molecule has 0 aliphatic carbocycles. The molecular weight excluding hydrogens is 364 g/mol. The Morgan fingerprint density at radius 1 is 1.14 bits per heavy atom. The van der Waals surface area contributed by atoms with E-state index in [2.05, 4.69) is 17.1 Å². The summed E-state index contributed by atoms with van der Waals surface area (Å²) in [5.41, 5.74) is 8.16. The van der Waals surface area contributed by atoms with Crippen molar-refractivity contribution in [3.05, 3.63) is 84.4 Å². The van der Waals surface area contributed by atoms with Crippen LogP contribution < -0.4 is 10.5 Å². The van der Waals surface area contributed by atoms with Gasteiger partial charge in [0.05, 0.1) is 24.7 Å². The van der Waals surface area contributed by atoms with Crippen molar-refractivity contribution < 1.29 is 9.53 Å². The molecule has 6 nitrogen and oxygen atoms in total. The van der Waals surface area contributed by atoms with Gasteiger partial charge in [-0.1, -0.05) is 48.5 Å². The van der Waals surface area contributed by atoms with Crippen LogP contribution in [0.4, 0.5) is 0 Å². The van der Waals surface area contributed by atoms with Crippen LogP contribution >= 0.6 is 0 Å². The van der Waals surface area contributed by atoms with Crippen molar-refractivity contribution in [2.75, 3.05) is 20.2 Å². The predicted molar refractivity (Wildman–Crippen MR) is 114 cm³/mol. The van der Waals surface area contributed by atoms with Crippen molar-refractivity contribution in [1.29, 1.82) is 0 Å². The lowest BCUT2D eigenvalue weighted by Gasteiger charge is -2.21. The van der Waals surface area contributed by atoms with Gasteiger partial charge in [-0.25, -0.2) is 4.98 Å². The number of likely N-dealkylation sites (N-methyl/N-ethyl adjacent to an activating group) is 1. The number of hydrogen-bond donors (Lipinski definition) is 1. The van der Waals surface area contributed by atoms with Gasteiger partial charge in [0.25, 0.3) is 0 Å². The molecule has 0 radical (unpaired) electrons. The molecule has 2 aromatic carbocycles. The number of aromatic nitrogens is 2. The normalized spacial score (nSPS) is 11.8. The first-order chi connectivity index (χ1) is 14.1. The Kier molecular flexibility index (Phi) is 7.41. The third-order valence-electron chi connectivity index (χ3n) is 4.67. The second kappa shape index (κ2) is 10.4. The zero-order valence-corrected chi connectivity index (χ0v) is 16.8. The van der Waals surface area contributed by atoms with E-state index in [0.29, 0.717) is 19.6 Å². The Morgan fingerprint density at radius 3 is 2.55 bits per heavy atom. The van der Waals surface area contributed by atoms with Crippen molar-refractivity contribution >= 4 is 5.91 Å². The molecular formula is C23H28N4O2. The Bertz CT molecular complexity index is 880. The van der Waals surface area contributed by atoms with Crippen LogP contribution in [0.1, 0.15) is 17.7 Å². The molecule has 1 atom stereocenters. The molecule has 29 heavy (non-hydrogen) atoms. The molecule has 3 rings (SSSR count). The van der Waals surface area contributed by atoms with E-state index in [1.807, 2.05) is 59.3 Å². The van der Waals surface area contributed by atoms with E-state index in [1.54, 1.807) is 18.3 Å². The summed E-state index contributed by atoms with van der Waals surface area (Å²) in [4.78, 5) is 18.6. The van der Waals surface area contributed by atoms with Gasteiger partial charge in [0.15, 0.2) is 0 Å². The highest BCUT2D eigenvalue weighted by Crippen LogP contribution is 2.09. The molecule has 0 aliphatic rings. The number of imidazole rings is 1. The van der Waals surface area contributed by atoms with Gasteiger partial charge < -0.3 is 19.9 Å². The summed E-state index contributed by atoms with van der Waals surface area (Å²) in [6.45, 7) is 1.90. The van der Waals surface area contributed by atoms with Crippen LogP contribution in [0.15, 0.2) is 73.2 Å². The van der Waals surface area contributed by atoms with Gasteiger partial charge in [-0.15, -0.1) is 0 Å². The number of rotatable bonds is 10. The molecule has 0 bridgehead atoms. The summed E-state index contributed by atoms with van der Waals surface area (Å²) in [5, 5.41) is 0. The van der Waals surface area contributed by atoms with Gasteiger partial charge in [-0.05, 0) is 24.1 Å². The number of carbonyl (C=O) groups excluding carboxylic acids is 1. The maximum absolute atomic E-state index is 12.5. The summed E-state index contributed by atoms with van der Waals surface area (Å²) in [6, 6.07) is 19.2. The summed E-state index contributed by atoms with van der Waals surface area (Å²) in [5.74, 6) is 0.756. The van der Waals surface area contributed by atoms with E-state index in [1.165, 1.54) is 5.56 Å². The molecule has 1 amide bonds. The van der Waals surface area contributed by atoms with Crippen LogP contribution in [-0.4, -0.2) is 46.6 Å². The highest BCUT2D eigenvalue weighted by Gasteiger charge is 2.19. The molecule has 1 heterocycles. The van der Waals surface area contributed by atoms with Crippen molar-refractivity contribution in [2.45, 2.75) is 25.4 Å². The molecule has 0 unspecified atom stereocenters. The number of hydrogen-bond acceptors (Lipinski definition) is 4. The third-order valence-corrected chi connectivity index (χ3v) is 4.67. The summed E-state index contributed by atoms with van der Waals surface area (Å²) in [7, 11) is 1.78. The molecule has 0 saturated heterocycles. The maximum atomic E-state index is 12.5. The highest BCUT2D eigenvalue weighted by molar-refractivity contribution is 5.81. The first-order valence-corrected chi connectivity index (χ1v) is 9.85. The molecule has 152 valence electrons. The van der Waals surface area contributed by atoms with Gasteiger partial charge in [-0.2, -0.15) is 0 Å². The average molecular weight is 393 g/mol. The number of carbonyl (C=O) groups is 1. The summed E-state index contributed by atoms with van der Waals surface area (Å²) in [6.07, 6.45) is 4.90. The lowest BCUT2D eigenvalue weighted by Crippen LogP contribution is -2.43. The van der Waals surface area contributed by atoms with Crippen molar-refractivity contribution in [2.24, 2.45) is 5.73 Å². The molecule has 0 aliphatic heterocycles. The molecule has 3 aromatic rings. The number of nitrogens with zero attached hydrogens (tertiary/aromatic N) is 3. The molecule has 1 aromatic heterocycles. The Labute approximate surface area is 171 Å². The topological polar surface area (TPSA) is 73.4 Å². The lowest BCUT2D eigenvalue weighted by molar-refractivity contribution is -0.131. The fraction of sp³-hybridized carbons (Fsp3) is 0.304. The Balaban J connectivity index is 1.41. The van der Waals surface area contributed by atoms with E-state index in [4.69, 9.17) is 10.5 Å². The zero-order valence-electron chi connectivity index (χ0n) is 16.8. The van der Waals surface area contributed by atoms with E-state index in [9.17, 15) is 4.79 Å². The fourth-order valence-electron chi connectivity index (χ4n) is 3.11. The van der Waals surface area contributed by atoms with Gasteiger partial charge in [0, 0.05) is 32.8 Å². The fourth-order valence-corrected chi connectivity index (χ4v) is 3.11. The Hall–Kier alpha value is -3.12. The van der Waals surface area contributed by atoms with Crippen molar-refractivity contribution in [3.8, 4) is 5.75 Å². The van der Waals surface area contributed by atoms with Gasteiger partial charge in [-0.3, -0.25) is 4.79 Å². The molecule has 0 saturated carbocycles. The molecule has 0 spiro atoms. The minimum atomic E-state index is -0.602. The minimum Gasteiger partial charge on any atom is -0.494 e. The number of nitrogens with two attached hydrogens (primary N) is 1. The van der Waals surface area contributed by atoms with Crippen LogP contribution in [0.2, 0.25) is 0 Å². The highest BCUT2D eigenvalue weighted by atomic mass is 16.5. The quantitative estimate of drug-likeness (QED) is 0.539. The van der Waals surface area contributed by atoms with E-state index < -0.39 is 6.04 Å². The largest absolute Gasteiger partial charge is 0.494 e. The van der Waals surface area contributed by atoms with Crippen LogP contribution in [0.3, 0.4) is 0 Å². The number of para-hydroxylation sites is 1. The third kappa shape index (κ3) is 6.47. The average Bonchev–Trinajstić information content (AvgIpc) is 3.18. The maximum Gasteiger partial charge on any atom is 0.239 e. The van der Waals surface area contributed by atoms with Gasteiger partial charge in [0.1, 0.15) is 5.75 Å². The van der Waals surface area contributed by atoms with Crippen LogP contribution in [0.5, 0.6) is 5.75 Å². The zero-order chi connectivity index (χ0) is 20.5. The summed E-state index contributed by atoms with van der Waals surface area (Å²) < 4.78 is 7.67. The second-order valence-electron chi connectivity index (χ2n) is 7.11. The van der Waals surface area contributed by atoms with Crippen LogP contribution in [-0.2, 0) is 17.8 Å². The SMILES string of the molecule is CN(CCCOc1ccccc1)C(=O)[C@@H](N)Cc1cn(Cc2ccccc2)cn1. The predicted octanol–water partition coefficient (Wildman–Crippen LogP) is 2.73. The smallest absolute Gasteiger partial charge is 0.239 e. The summed E-state index contributed by atoms with van der Waals surface area (Å²) >= 11 is 0. The Morgan fingerprint density at radius 2 is 1.83 bits per heavy atom. The lowest BCUT2D eigenvalue weighted by atomic mass is 10.1. The second-order valence-corrected chi connectivity index (χ2v) is 7.11. The molecule has 6 heteroatoms. The van der Waals surface area contributed by atoms with Crippen molar-refractivity contribution in [1.82, 2.24) is 14.5 Å². The minimum absolute atomic E-state index is 0.0812. The molecule has 0 fully saturated rings. The number of ether oxygens (including phenoxy) is 1.